The molecule has 0 aromatic carbocycles. The lowest BCUT2D eigenvalue weighted by Gasteiger charge is -2.34. The fourth-order valence-corrected chi connectivity index (χ4v) is 2.47. The van der Waals surface area contributed by atoms with E-state index in [1.165, 1.54) is 0 Å². The average Bonchev–Trinajstić information content (AvgIpc) is 2.23. The van der Waals surface area contributed by atoms with Gasteiger partial charge in [0.15, 0.2) is 0 Å². The van der Waals surface area contributed by atoms with Gasteiger partial charge in [-0.15, -0.1) is 0 Å². The van der Waals surface area contributed by atoms with Crippen molar-refractivity contribution in [3.8, 4) is 0 Å². The molecular weight excluding hydrogens is 188 g/mol. The van der Waals surface area contributed by atoms with Crippen LogP contribution < -0.4 is 5.73 Å². The van der Waals surface area contributed by atoms with Crippen LogP contribution in [0.2, 0.25) is 0 Å². The summed E-state index contributed by atoms with van der Waals surface area (Å²) in [6.07, 6.45) is 3.04. The van der Waals surface area contributed by atoms with Gasteiger partial charge in [0.05, 0.1) is 0 Å². The lowest BCUT2D eigenvalue weighted by atomic mass is 9.77. The summed E-state index contributed by atoms with van der Waals surface area (Å²) >= 11 is 0. The lowest BCUT2D eigenvalue weighted by molar-refractivity contribution is -0.138. The number of carbonyl (C=O) groups is 1. The number of hydrogen-bond donors (Lipinski definition) is 1. The van der Waals surface area contributed by atoms with Crippen molar-refractivity contribution in [3.63, 3.8) is 0 Å². The molecule has 3 atom stereocenters. The molecule has 1 saturated carbocycles. The van der Waals surface area contributed by atoms with Gasteiger partial charge in [0.1, 0.15) is 0 Å². The van der Waals surface area contributed by atoms with Crippen molar-refractivity contribution in [2.24, 2.45) is 17.6 Å². The van der Waals surface area contributed by atoms with Crippen molar-refractivity contribution in [3.05, 3.63) is 0 Å². The molecule has 88 valence electrons. The summed E-state index contributed by atoms with van der Waals surface area (Å²) in [4.78, 5) is 14.1. The molecule has 3 heteroatoms. The number of nitrogens with zero attached hydrogens (tertiary/aromatic N) is 1. The minimum Gasteiger partial charge on any atom is -0.343 e. The van der Waals surface area contributed by atoms with Crippen LogP contribution >= 0.6 is 0 Å². The predicted molar refractivity (Wildman–Crippen MR) is 62.4 cm³/mol. The summed E-state index contributed by atoms with van der Waals surface area (Å²) in [5, 5.41) is 0. The average molecular weight is 212 g/mol. The molecule has 1 aliphatic carbocycles. The van der Waals surface area contributed by atoms with Crippen LogP contribution in [0.4, 0.5) is 0 Å². The summed E-state index contributed by atoms with van der Waals surface area (Å²) in [6.45, 7) is 7.88. The third kappa shape index (κ3) is 2.94. The van der Waals surface area contributed by atoms with Gasteiger partial charge >= 0.3 is 0 Å². The molecular formula is C12H24N2O. The first kappa shape index (κ1) is 12.5. The molecule has 1 fully saturated rings. The SMILES string of the molecule is CCN(CC)C(=O)C1CC(N)CCC1C. The number of nitrogens with two attached hydrogens (primary N) is 1. The van der Waals surface area contributed by atoms with Crippen molar-refractivity contribution >= 4 is 5.91 Å². The summed E-state index contributed by atoms with van der Waals surface area (Å²) in [6, 6.07) is 0.228. The predicted octanol–water partition coefficient (Wildman–Crippen LogP) is 1.62. The minimum atomic E-state index is 0.161. The first-order valence-electron chi connectivity index (χ1n) is 6.14. The molecule has 1 aliphatic rings. The molecule has 0 aliphatic heterocycles. The normalized spacial score (nSPS) is 31.3. The Balaban J connectivity index is 2.63. The highest BCUT2D eigenvalue weighted by atomic mass is 16.2. The molecule has 3 nitrogen and oxygen atoms in total. The first-order chi connectivity index (χ1) is 7.10. The van der Waals surface area contributed by atoms with E-state index in [4.69, 9.17) is 5.73 Å². The van der Waals surface area contributed by atoms with Gasteiger partial charge in [-0.3, -0.25) is 4.79 Å². The van der Waals surface area contributed by atoms with E-state index in [-0.39, 0.29) is 12.0 Å². The second-order valence-electron chi connectivity index (χ2n) is 4.67. The summed E-state index contributed by atoms with van der Waals surface area (Å²) < 4.78 is 0. The summed E-state index contributed by atoms with van der Waals surface area (Å²) in [5.41, 5.74) is 5.94. The fraction of sp³-hybridized carbons (Fsp3) is 0.917. The van der Waals surface area contributed by atoms with Gasteiger partial charge < -0.3 is 10.6 Å². The Morgan fingerprint density at radius 2 is 1.93 bits per heavy atom. The smallest absolute Gasteiger partial charge is 0.225 e. The second kappa shape index (κ2) is 5.50. The van der Waals surface area contributed by atoms with E-state index in [1.807, 2.05) is 18.7 Å². The fourth-order valence-electron chi connectivity index (χ4n) is 2.47. The van der Waals surface area contributed by atoms with Gasteiger partial charge in [0, 0.05) is 25.0 Å². The van der Waals surface area contributed by atoms with E-state index < -0.39 is 0 Å². The highest BCUT2D eigenvalue weighted by molar-refractivity contribution is 5.79. The van der Waals surface area contributed by atoms with E-state index in [9.17, 15) is 4.79 Å². The number of hydrogen-bond acceptors (Lipinski definition) is 2. The van der Waals surface area contributed by atoms with Crippen molar-refractivity contribution in [2.75, 3.05) is 13.1 Å². The van der Waals surface area contributed by atoms with Crippen molar-refractivity contribution < 1.29 is 4.79 Å². The molecule has 15 heavy (non-hydrogen) atoms. The van der Waals surface area contributed by atoms with Crippen LogP contribution in [0, 0.1) is 11.8 Å². The molecule has 3 unspecified atom stereocenters. The molecule has 0 aromatic rings. The topological polar surface area (TPSA) is 46.3 Å². The molecule has 2 N–H and O–H groups in total. The van der Waals surface area contributed by atoms with Gasteiger partial charge in [-0.2, -0.15) is 0 Å². The first-order valence-corrected chi connectivity index (χ1v) is 6.14. The zero-order chi connectivity index (χ0) is 11.4. The third-order valence-electron chi connectivity index (χ3n) is 3.63. The van der Waals surface area contributed by atoms with Gasteiger partial charge in [-0.05, 0) is 39.0 Å². The van der Waals surface area contributed by atoms with E-state index in [1.54, 1.807) is 0 Å². The number of amides is 1. The summed E-state index contributed by atoms with van der Waals surface area (Å²) in [7, 11) is 0. The number of rotatable bonds is 3. The Labute approximate surface area is 93.0 Å². The van der Waals surface area contributed by atoms with Crippen LogP contribution in [-0.4, -0.2) is 29.9 Å². The summed E-state index contributed by atoms with van der Waals surface area (Å²) in [5.74, 6) is 0.967. The molecule has 0 heterocycles. The van der Waals surface area contributed by atoms with Crippen LogP contribution in [0.5, 0.6) is 0 Å². The quantitative estimate of drug-likeness (QED) is 0.772. The Bertz CT molecular complexity index is 214. The van der Waals surface area contributed by atoms with E-state index in [0.717, 1.165) is 32.4 Å². The molecule has 0 aromatic heterocycles. The lowest BCUT2D eigenvalue weighted by Crippen LogP contribution is -2.43. The highest BCUT2D eigenvalue weighted by Crippen LogP contribution is 2.30. The molecule has 1 amide bonds. The van der Waals surface area contributed by atoms with Crippen molar-refractivity contribution in [1.82, 2.24) is 4.90 Å². The molecule has 0 radical (unpaired) electrons. The monoisotopic (exact) mass is 212 g/mol. The Kier molecular flexibility index (Phi) is 4.58. The van der Waals surface area contributed by atoms with Crippen LogP contribution in [0.3, 0.4) is 0 Å². The van der Waals surface area contributed by atoms with Crippen LogP contribution in [-0.2, 0) is 4.79 Å². The maximum atomic E-state index is 12.2. The third-order valence-corrected chi connectivity index (χ3v) is 3.63. The van der Waals surface area contributed by atoms with Crippen LogP contribution in [0.25, 0.3) is 0 Å². The van der Waals surface area contributed by atoms with Crippen molar-refractivity contribution in [1.29, 1.82) is 0 Å². The van der Waals surface area contributed by atoms with E-state index in [2.05, 4.69) is 6.92 Å². The number of carbonyl (C=O) groups excluding carboxylic acids is 1. The van der Waals surface area contributed by atoms with Crippen LogP contribution in [0.1, 0.15) is 40.0 Å². The van der Waals surface area contributed by atoms with Crippen LogP contribution in [0.15, 0.2) is 0 Å². The van der Waals surface area contributed by atoms with Gasteiger partial charge in [-0.25, -0.2) is 0 Å². The van der Waals surface area contributed by atoms with Crippen molar-refractivity contribution in [2.45, 2.75) is 46.1 Å². The molecule has 0 saturated heterocycles. The standard InChI is InChI=1S/C12H24N2O/c1-4-14(5-2)12(15)11-8-10(13)7-6-9(11)3/h9-11H,4-8,13H2,1-3H3. The van der Waals surface area contributed by atoms with E-state index in [0.29, 0.717) is 11.8 Å². The second-order valence-corrected chi connectivity index (χ2v) is 4.67. The molecule has 1 rings (SSSR count). The molecule has 0 spiro atoms. The largest absolute Gasteiger partial charge is 0.343 e. The Hall–Kier alpha value is -0.570. The van der Waals surface area contributed by atoms with Gasteiger partial charge in [-0.1, -0.05) is 6.92 Å². The van der Waals surface area contributed by atoms with E-state index >= 15 is 0 Å². The van der Waals surface area contributed by atoms with Gasteiger partial charge in [0.2, 0.25) is 5.91 Å². The molecule has 0 bridgehead atoms. The highest BCUT2D eigenvalue weighted by Gasteiger charge is 2.32. The van der Waals surface area contributed by atoms with Gasteiger partial charge in [0.25, 0.3) is 0 Å². The zero-order valence-electron chi connectivity index (χ0n) is 10.2. The minimum absolute atomic E-state index is 0.161. The Morgan fingerprint density at radius 3 is 2.47 bits per heavy atom. The maximum absolute atomic E-state index is 12.2. The zero-order valence-corrected chi connectivity index (χ0v) is 10.2. The maximum Gasteiger partial charge on any atom is 0.225 e. The Morgan fingerprint density at radius 1 is 1.33 bits per heavy atom.